The lowest BCUT2D eigenvalue weighted by molar-refractivity contribution is -0.146. The number of hydrogen-bond donors (Lipinski definition) is 1. The summed E-state index contributed by atoms with van der Waals surface area (Å²) >= 11 is 0. The quantitative estimate of drug-likeness (QED) is 0.763. The Labute approximate surface area is 79.9 Å². The van der Waals surface area contributed by atoms with Gasteiger partial charge in [-0.3, -0.25) is 4.98 Å². The molecule has 1 aromatic heterocycles. The van der Waals surface area contributed by atoms with Gasteiger partial charge in [0.05, 0.1) is 17.3 Å². The van der Waals surface area contributed by atoms with E-state index in [-0.39, 0.29) is 11.4 Å². The molecular weight excluding hydrogens is 193 g/mol. The summed E-state index contributed by atoms with van der Waals surface area (Å²) in [5.74, 6) is -1.62. The number of nitrogens with two attached hydrogens (primary N) is 1. The summed E-state index contributed by atoms with van der Waals surface area (Å²) < 4.78 is 37.1. The summed E-state index contributed by atoms with van der Waals surface area (Å²) in [4.78, 5) is 3.66. The van der Waals surface area contributed by atoms with Crippen LogP contribution in [0.4, 0.5) is 18.9 Å². The van der Waals surface area contributed by atoms with E-state index in [2.05, 4.69) is 4.98 Å². The number of aromatic nitrogens is 1. The van der Waals surface area contributed by atoms with Gasteiger partial charge in [0.1, 0.15) is 0 Å². The molecule has 0 aliphatic heterocycles. The van der Waals surface area contributed by atoms with E-state index in [1.807, 2.05) is 0 Å². The molecule has 14 heavy (non-hydrogen) atoms. The Morgan fingerprint density at radius 2 is 2.00 bits per heavy atom. The van der Waals surface area contributed by atoms with Gasteiger partial charge < -0.3 is 5.73 Å². The van der Waals surface area contributed by atoms with Gasteiger partial charge in [0.2, 0.25) is 0 Å². The van der Waals surface area contributed by atoms with Crippen LogP contribution in [0, 0.1) is 6.92 Å². The third-order valence-electron chi connectivity index (χ3n) is 2.14. The minimum absolute atomic E-state index is 0.0995. The first kappa shape index (κ1) is 10.8. The minimum Gasteiger partial charge on any atom is -0.397 e. The summed E-state index contributed by atoms with van der Waals surface area (Å²) in [6, 6.07) is 1.59. The van der Waals surface area contributed by atoms with Gasteiger partial charge in [-0.1, -0.05) is 0 Å². The van der Waals surface area contributed by atoms with Crippen molar-refractivity contribution < 1.29 is 13.2 Å². The Morgan fingerprint density at radius 1 is 1.43 bits per heavy atom. The van der Waals surface area contributed by atoms with Crippen LogP contribution in [0.25, 0.3) is 0 Å². The first-order chi connectivity index (χ1) is 6.34. The topological polar surface area (TPSA) is 38.9 Å². The van der Waals surface area contributed by atoms with Crippen molar-refractivity contribution >= 4 is 5.69 Å². The maximum Gasteiger partial charge on any atom is 0.397 e. The van der Waals surface area contributed by atoms with E-state index < -0.39 is 12.1 Å². The summed E-state index contributed by atoms with van der Waals surface area (Å²) in [5.41, 5.74) is 6.16. The van der Waals surface area contributed by atoms with E-state index in [1.165, 1.54) is 6.20 Å². The molecule has 0 spiro atoms. The predicted molar refractivity (Wildman–Crippen MR) is 47.9 cm³/mol. The molecule has 0 saturated carbocycles. The van der Waals surface area contributed by atoms with Crippen molar-refractivity contribution in [3.8, 4) is 0 Å². The van der Waals surface area contributed by atoms with Crippen LogP contribution in [0.5, 0.6) is 0 Å². The maximum atomic E-state index is 12.4. The van der Waals surface area contributed by atoms with Crippen LogP contribution in [0.1, 0.15) is 24.1 Å². The molecule has 1 heterocycles. The number of halogens is 3. The van der Waals surface area contributed by atoms with Crippen molar-refractivity contribution in [2.45, 2.75) is 25.9 Å². The molecule has 0 aliphatic rings. The number of rotatable bonds is 1. The number of pyridine rings is 1. The van der Waals surface area contributed by atoms with Crippen molar-refractivity contribution in [2.24, 2.45) is 0 Å². The third-order valence-corrected chi connectivity index (χ3v) is 2.14. The number of hydrogen-bond acceptors (Lipinski definition) is 2. The van der Waals surface area contributed by atoms with Crippen LogP contribution in [0.2, 0.25) is 0 Å². The van der Waals surface area contributed by atoms with Gasteiger partial charge in [0, 0.05) is 6.20 Å². The fourth-order valence-corrected chi connectivity index (χ4v) is 1.09. The summed E-state index contributed by atoms with van der Waals surface area (Å²) in [7, 11) is 0. The molecule has 0 saturated heterocycles. The first-order valence-corrected chi connectivity index (χ1v) is 4.11. The van der Waals surface area contributed by atoms with E-state index in [4.69, 9.17) is 5.73 Å². The molecule has 0 fully saturated rings. The minimum atomic E-state index is -4.30. The van der Waals surface area contributed by atoms with Crippen molar-refractivity contribution in [3.05, 3.63) is 23.5 Å². The lowest BCUT2D eigenvalue weighted by Crippen LogP contribution is -2.20. The zero-order valence-electron chi connectivity index (χ0n) is 7.89. The average Bonchev–Trinajstić information content (AvgIpc) is 2.07. The number of alkyl halides is 3. The van der Waals surface area contributed by atoms with Gasteiger partial charge in [-0.15, -0.1) is 0 Å². The van der Waals surface area contributed by atoms with Crippen LogP contribution in [0.3, 0.4) is 0 Å². The second-order valence-corrected chi connectivity index (χ2v) is 3.19. The highest BCUT2D eigenvalue weighted by atomic mass is 19.4. The van der Waals surface area contributed by atoms with E-state index in [9.17, 15) is 13.2 Å². The number of nitrogen functional groups attached to an aromatic ring is 1. The number of aryl methyl sites for hydroxylation is 1. The molecular formula is C9H11F3N2. The van der Waals surface area contributed by atoms with E-state index in [0.717, 1.165) is 6.92 Å². The molecule has 2 nitrogen and oxygen atoms in total. The van der Waals surface area contributed by atoms with Crippen molar-refractivity contribution in [2.75, 3.05) is 5.73 Å². The molecule has 1 rings (SSSR count). The summed E-state index contributed by atoms with van der Waals surface area (Å²) in [6.07, 6.45) is -2.96. The summed E-state index contributed by atoms with van der Waals surface area (Å²) in [6.45, 7) is 2.71. The van der Waals surface area contributed by atoms with Gasteiger partial charge in [0.25, 0.3) is 0 Å². The van der Waals surface area contributed by atoms with Crippen molar-refractivity contribution in [1.82, 2.24) is 4.98 Å². The zero-order chi connectivity index (χ0) is 10.9. The van der Waals surface area contributed by atoms with E-state index in [0.29, 0.717) is 5.56 Å². The largest absolute Gasteiger partial charge is 0.397 e. The second kappa shape index (κ2) is 3.48. The standard InChI is InChI=1S/C9H11F3N2/c1-5-3-4-14-8(7(5)13)6(2)9(10,11)12/h3-4,6H,13H2,1-2H3. The highest BCUT2D eigenvalue weighted by molar-refractivity contribution is 5.51. The highest BCUT2D eigenvalue weighted by Gasteiger charge is 2.39. The van der Waals surface area contributed by atoms with E-state index in [1.54, 1.807) is 13.0 Å². The smallest absolute Gasteiger partial charge is 0.397 e. The normalized spacial score (nSPS) is 14.1. The van der Waals surface area contributed by atoms with E-state index >= 15 is 0 Å². The lowest BCUT2D eigenvalue weighted by atomic mass is 10.0. The molecule has 0 bridgehead atoms. The van der Waals surface area contributed by atoms with Crippen LogP contribution < -0.4 is 5.73 Å². The van der Waals surface area contributed by atoms with Crippen LogP contribution in [-0.4, -0.2) is 11.2 Å². The molecule has 1 unspecified atom stereocenters. The molecule has 0 radical (unpaired) electrons. The van der Waals surface area contributed by atoms with Crippen LogP contribution in [-0.2, 0) is 0 Å². The highest BCUT2D eigenvalue weighted by Crippen LogP contribution is 2.36. The Morgan fingerprint density at radius 3 is 2.50 bits per heavy atom. The molecule has 1 atom stereocenters. The molecule has 2 N–H and O–H groups in total. The Hall–Kier alpha value is -1.26. The lowest BCUT2D eigenvalue weighted by Gasteiger charge is -2.17. The van der Waals surface area contributed by atoms with Gasteiger partial charge in [-0.25, -0.2) is 0 Å². The van der Waals surface area contributed by atoms with Crippen LogP contribution in [0.15, 0.2) is 12.3 Å². The number of anilines is 1. The molecule has 78 valence electrons. The molecule has 5 heteroatoms. The molecule has 0 aliphatic carbocycles. The van der Waals surface area contributed by atoms with Crippen LogP contribution >= 0.6 is 0 Å². The van der Waals surface area contributed by atoms with Crippen molar-refractivity contribution in [3.63, 3.8) is 0 Å². The Balaban J connectivity index is 3.14. The third kappa shape index (κ3) is 1.97. The van der Waals surface area contributed by atoms with Gasteiger partial charge in [-0.05, 0) is 25.5 Å². The maximum absolute atomic E-state index is 12.4. The first-order valence-electron chi connectivity index (χ1n) is 4.11. The molecule has 1 aromatic rings. The predicted octanol–water partition coefficient (Wildman–Crippen LogP) is 2.64. The monoisotopic (exact) mass is 204 g/mol. The Kier molecular flexibility index (Phi) is 2.69. The fourth-order valence-electron chi connectivity index (χ4n) is 1.09. The molecule has 0 aromatic carbocycles. The fraction of sp³-hybridized carbons (Fsp3) is 0.444. The zero-order valence-corrected chi connectivity index (χ0v) is 7.89. The van der Waals surface area contributed by atoms with Gasteiger partial charge in [-0.2, -0.15) is 13.2 Å². The Bertz CT molecular complexity index is 333. The average molecular weight is 204 g/mol. The number of nitrogens with zero attached hydrogens (tertiary/aromatic N) is 1. The van der Waals surface area contributed by atoms with Crippen molar-refractivity contribution in [1.29, 1.82) is 0 Å². The van der Waals surface area contributed by atoms with Gasteiger partial charge >= 0.3 is 6.18 Å². The van der Waals surface area contributed by atoms with Gasteiger partial charge in [0.15, 0.2) is 0 Å². The second-order valence-electron chi connectivity index (χ2n) is 3.19. The molecule has 0 amide bonds. The SMILES string of the molecule is Cc1ccnc(C(C)C(F)(F)F)c1N. The summed E-state index contributed by atoms with van der Waals surface area (Å²) in [5, 5.41) is 0.